The Morgan fingerprint density at radius 1 is 1.27 bits per heavy atom. The summed E-state index contributed by atoms with van der Waals surface area (Å²) in [6.45, 7) is 8.63. The molecule has 144 valence electrons. The molecule has 3 rings (SSSR count). The van der Waals surface area contributed by atoms with E-state index in [4.69, 9.17) is 4.74 Å². The lowest BCUT2D eigenvalue weighted by atomic mass is 10.1. The van der Waals surface area contributed by atoms with Gasteiger partial charge in [0, 0.05) is 45.5 Å². The van der Waals surface area contributed by atoms with E-state index >= 15 is 0 Å². The highest BCUT2D eigenvalue weighted by molar-refractivity contribution is 5.74. The topological polar surface area (TPSA) is 70.6 Å². The van der Waals surface area contributed by atoms with Crippen molar-refractivity contribution < 1.29 is 9.53 Å². The molecule has 0 aliphatic carbocycles. The highest BCUT2D eigenvalue weighted by atomic mass is 16.5. The van der Waals surface area contributed by atoms with Crippen LogP contribution in [0, 0.1) is 13.8 Å². The fourth-order valence-corrected chi connectivity index (χ4v) is 3.62. The van der Waals surface area contributed by atoms with Crippen molar-refractivity contribution >= 4 is 11.8 Å². The molecule has 0 bridgehead atoms. The third kappa shape index (κ3) is 5.06. The second kappa shape index (κ2) is 9.16. The van der Waals surface area contributed by atoms with Crippen molar-refractivity contribution in [3.05, 3.63) is 17.6 Å². The summed E-state index contributed by atoms with van der Waals surface area (Å²) in [6, 6.07) is 0.0498. The van der Waals surface area contributed by atoms with Gasteiger partial charge in [0.25, 0.3) is 0 Å². The molecule has 2 fully saturated rings. The molecule has 0 unspecified atom stereocenters. The number of hydrogen-bond acceptors (Lipinski definition) is 5. The van der Waals surface area contributed by atoms with Crippen LogP contribution in [-0.2, 0) is 4.74 Å². The van der Waals surface area contributed by atoms with Crippen LogP contribution in [0.2, 0.25) is 0 Å². The zero-order valence-electron chi connectivity index (χ0n) is 16.0. The van der Waals surface area contributed by atoms with Crippen molar-refractivity contribution in [1.29, 1.82) is 0 Å². The van der Waals surface area contributed by atoms with E-state index in [0.717, 1.165) is 75.8 Å². The number of unbranched alkanes of at least 4 members (excludes halogenated alkanes) is 1. The molecule has 1 aromatic heterocycles. The summed E-state index contributed by atoms with van der Waals surface area (Å²) in [4.78, 5) is 25.4. The first-order chi connectivity index (χ1) is 12.6. The number of piperazine rings is 1. The molecule has 0 aromatic carbocycles. The van der Waals surface area contributed by atoms with Crippen LogP contribution >= 0.6 is 0 Å². The molecular formula is C19H31N5O2. The molecule has 7 heteroatoms. The van der Waals surface area contributed by atoms with Crippen LogP contribution in [0.4, 0.5) is 10.6 Å². The van der Waals surface area contributed by atoms with Gasteiger partial charge in [0.05, 0.1) is 17.5 Å². The summed E-state index contributed by atoms with van der Waals surface area (Å²) in [6.07, 6.45) is 7.88. The predicted molar refractivity (Wildman–Crippen MR) is 102 cm³/mol. The van der Waals surface area contributed by atoms with Gasteiger partial charge in [-0.15, -0.1) is 0 Å². The minimum atomic E-state index is 0.0498. The second-order valence-electron chi connectivity index (χ2n) is 7.26. The number of rotatable bonds is 6. The highest BCUT2D eigenvalue weighted by Crippen LogP contribution is 2.18. The number of nitrogens with zero attached hydrogens (tertiary/aromatic N) is 4. The van der Waals surface area contributed by atoms with Crippen LogP contribution in [0.15, 0.2) is 6.20 Å². The maximum Gasteiger partial charge on any atom is 0.317 e. The number of aromatic nitrogens is 2. The summed E-state index contributed by atoms with van der Waals surface area (Å²) in [5.74, 6) is 0.944. The Labute approximate surface area is 156 Å². The van der Waals surface area contributed by atoms with Gasteiger partial charge in [0.15, 0.2) is 0 Å². The molecule has 2 amide bonds. The van der Waals surface area contributed by atoms with Crippen molar-refractivity contribution in [3.63, 3.8) is 0 Å². The SMILES string of the molecule is Cc1cnc(C)c(N2CCN(C(=O)NCCCC[C@H]3CCCO3)CC2)n1. The van der Waals surface area contributed by atoms with Gasteiger partial charge < -0.3 is 19.9 Å². The zero-order chi connectivity index (χ0) is 18.4. The Hall–Kier alpha value is -1.89. The fraction of sp³-hybridized carbons (Fsp3) is 0.737. The van der Waals surface area contributed by atoms with E-state index in [-0.39, 0.29) is 6.03 Å². The van der Waals surface area contributed by atoms with E-state index in [1.54, 1.807) is 6.20 Å². The lowest BCUT2D eigenvalue weighted by molar-refractivity contribution is 0.102. The Kier molecular flexibility index (Phi) is 6.66. The number of hydrogen-bond donors (Lipinski definition) is 1. The zero-order valence-corrected chi connectivity index (χ0v) is 16.0. The fourth-order valence-electron chi connectivity index (χ4n) is 3.62. The normalized spacial score (nSPS) is 20.5. The molecular weight excluding hydrogens is 330 g/mol. The van der Waals surface area contributed by atoms with E-state index in [2.05, 4.69) is 20.2 Å². The molecule has 7 nitrogen and oxygen atoms in total. The average molecular weight is 361 g/mol. The van der Waals surface area contributed by atoms with Crippen LogP contribution < -0.4 is 10.2 Å². The Bertz CT molecular complexity index is 596. The first-order valence-corrected chi connectivity index (χ1v) is 9.83. The molecule has 1 atom stereocenters. The molecule has 0 radical (unpaired) electrons. The molecule has 2 aliphatic heterocycles. The number of urea groups is 1. The first kappa shape index (κ1) is 18.9. The summed E-state index contributed by atoms with van der Waals surface area (Å²) < 4.78 is 5.63. The van der Waals surface area contributed by atoms with Gasteiger partial charge in [-0.25, -0.2) is 9.78 Å². The quantitative estimate of drug-likeness (QED) is 0.787. The number of carbonyl (C=O) groups excluding carboxylic acids is 1. The van der Waals surface area contributed by atoms with E-state index in [1.165, 1.54) is 12.8 Å². The van der Waals surface area contributed by atoms with Gasteiger partial charge in [-0.1, -0.05) is 0 Å². The summed E-state index contributed by atoms with van der Waals surface area (Å²) >= 11 is 0. The average Bonchev–Trinajstić information content (AvgIpc) is 3.17. The molecule has 2 aliphatic rings. The number of ether oxygens (including phenoxy) is 1. The lowest BCUT2D eigenvalue weighted by Gasteiger charge is -2.35. The third-order valence-electron chi connectivity index (χ3n) is 5.17. The van der Waals surface area contributed by atoms with Gasteiger partial charge in [-0.05, 0) is 46.0 Å². The molecule has 0 saturated carbocycles. The predicted octanol–water partition coefficient (Wildman–Crippen LogP) is 2.27. The molecule has 0 spiro atoms. The van der Waals surface area contributed by atoms with Gasteiger partial charge in [0.1, 0.15) is 5.82 Å². The van der Waals surface area contributed by atoms with Crippen LogP contribution in [0.3, 0.4) is 0 Å². The van der Waals surface area contributed by atoms with Gasteiger partial charge in [-0.3, -0.25) is 4.98 Å². The number of anilines is 1. The standard InChI is InChI=1S/C19H31N5O2/c1-15-14-21-16(2)18(22-15)23-9-11-24(12-10-23)19(25)20-8-4-3-6-17-7-5-13-26-17/h14,17H,3-13H2,1-2H3,(H,20,25)/t17-/m0/s1. The first-order valence-electron chi connectivity index (χ1n) is 9.83. The molecule has 2 saturated heterocycles. The van der Waals surface area contributed by atoms with E-state index in [1.807, 2.05) is 18.7 Å². The van der Waals surface area contributed by atoms with Crippen molar-refractivity contribution in [3.8, 4) is 0 Å². The monoisotopic (exact) mass is 361 g/mol. The third-order valence-corrected chi connectivity index (χ3v) is 5.17. The largest absolute Gasteiger partial charge is 0.378 e. The van der Waals surface area contributed by atoms with Crippen LogP contribution in [0.5, 0.6) is 0 Å². The highest BCUT2D eigenvalue weighted by Gasteiger charge is 2.23. The second-order valence-corrected chi connectivity index (χ2v) is 7.26. The molecule has 1 aromatic rings. The molecule has 1 N–H and O–H groups in total. The summed E-state index contributed by atoms with van der Waals surface area (Å²) in [7, 11) is 0. The van der Waals surface area contributed by atoms with E-state index in [0.29, 0.717) is 6.10 Å². The smallest absolute Gasteiger partial charge is 0.317 e. The maximum atomic E-state index is 12.3. The van der Waals surface area contributed by atoms with Crippen molar-refractivity contribution in [2.45, 2.75) is 52.1 Å². The number of carbonyl (C=O) groups is 1. The van der Waals surface area contributed by atoms with Gasteiger partial charge in [-0.2, -0.15) is 0 Å². The van der Waals surface area contributed by atoms with Gasteiger partial charge in [0.2, 0.25) is 0 Å². The Balaban J connectivity index is 1.34. The van der Waals surface area contributed by atoms with Crippen LogP contribution in [-0.4, -0.2) is 66.3 Å². The minimum Gasteiger partial charge on any atom is -0.378 e. The van der Waals surface area contributed by atoms with Crippen molar-refractivity contribution in [2.24, 2.45) is 0 Å². The van der Waals surface area contributed by atoms with Gasteiger partial charge >= 0.3 is 6.03 Å². The summed E-state index contributed by atoms with van der Waals surface area (Å²) in [5.41, 5.74) is 1.87. The van der Waals surface area contributed by atoms with E-state index < -0.39 is 0 Å². The Morgan fingerprint density at radius 3 is 2.81 bits per heavy atom. The molecule has 26 heavy (non-hydrogen) atoms. The number of amides is 2. The van der Waals surface area contributed by atoms with Crippen LogP contribution in [0.25, 0.3) is 0 Å². The number of nitrogens with one attached hydrogen (secondary N) is 1. The minimum absolute atomic E-state index is 0.0498. The number of aryl methyl sites for hydroxylation is 2. The lowest BCUT2D eigenvalue weighted by Crippen LogP contribution is -2.52. The Morgan fingerprint density at radius 2 is 2.08 bits per heavy atom. The summed E-state index contributed by atoms with van der Waals surface area (Å²) in [5, 5.41) is 3.05. The van der Waals surface area contributed by atoms with Crippen molar-refractivity contribution in [2.75, 3.05) is 44.2 Å². The van der Waals surface area contributed by atoms with Crippen molar-refractivity contribution in [1.82, 2.24) is 20.2 Å². The van der Waals surface area contributed by atoms with E-state index in [9.17, 15) is 4.79 Å². The van der Waals surface area contributed by atoms with Crippen LogP contribution in [0.1, 0.15) is 43.5 Å². The molecule has 3 heterocycles. The maximum absolute atomic E-state index is 12.3.